The van der Waals surface area contributed by atoms with Gasteiger partial charge in [-0.15, -0.1) is 11.8 Å². The minimum absolute atomic E-state index is 0.138. The molecule has 3 aliphatic rings. The second-order valence-corrected chi connectivity index (χ2v) is 9.47. The fourth-order valence-electron chi connectivity index (χ4n) is 4.51. The number of hydrogen-bond acceptors (Lipinski definition) is 4. The largest absolute Gasteiger partial charge is 0.352 e. The van der Waals surface area contributed by atoms with Gasteiger partial charge in [0, 0.05) is 24.0 Å². The average Bonchev–Trinajstić information content (AvgIpc) is 2.76. The lowest BCUT2D eigenvalue weighted by Crippen LogP contribution is -2.53. The van der Waals surface area contributed by atoms with E-state index in [-0.39, 0.29) is 24.4 Å². The van der Waals surface area contributed by atoms with E-state index in [0.29, 0.717) is 23.7 Å². The van der Waals surface area contributed by atoms with Crippen molar-refractivity contribution in [3.05, 3.63) is 24.0 Å². The van der Waals surface area contributed by atoms with Crippen molar-refractivity contribution in [3.63, 3.8) is 0 Å². The molecule has 8 heteroatoms. The number of halogens is 1. The summed E-state index contributed by atoms with van der Waals surface area (Å²) in [6.45, 7) is 1.13. The van der Waals surface area contributed by atoms with Crippen molar-refractivity contribution in [2.24, 2.45) is 0 Å². The lowest BCUT2D eigenvalue weighted by atomic mass is 9.95. The Morgan fingerprint density at radius 3 is 2.50 bits per heavy atom. The van der Waals surface area contributed by atoms with Crippen LogP contribution in [0.5, 0.6) is 0 Å². The Balaban J connectivity index is 1.53. The molecular weight excluding hydrogens is 405 g/mol. The monoisotopic (exact) mass is 433 g/mol. The summed E-state index contributed by atoms with van der Waals surface area (Å²) in [7, 11) is 0. The van der Waals surface area contributed by atoms with E-state index in [2.05, 4.69) is 5.32 Å². The normalized spacial score (nSPS) is 22.6. The first-order valence-corrected chi connectivity index (χ1v) is 11.8. The molecule has 30 heavy (non-hydrogen) atoms. The van der Waals surface area contributed by atoms with Crippen LogP contribution < -0.4 is 10.2 Å². The quantitative estimate of drug-likeness (QED) is 0.741. The summed E-state index contributed by atoms with van der Waals surface area (Å²) in [6.07, 6.45) is 8.22. The van der Waals surface area contributed by atoms with Gasteiger partial charge in [-0.2, -0.15) is 0 Å². The van der Waals surface area contributed by atoms with Gasteiger partial charge in [-0.05, 0) is 50.3 Å². The molecule has 1 saturated heterocycles. The number of likely N-dealkylation sites (tertiary alicyclic amines) is 1. The minimum atomic E-state index is -0.972. The Bertz CT molecular complexity index is 822. The third-order valence-electron chi connectivity index (χ3n) is 6.11. The van der Waals surface area contributed by atoms with Crippen molar-refractivity contribution in [1.82, 2.24) is 10.2 Å². The average molecular weight is 434 g/mol. The molecular formula is C22H28FN3O3S. The smallest absolute Gasteiger partial charge is 0.250 e. The Morgan fingerprint density at radius 1 is 1.07 bits per heavy atom. The first-order chi connectivity index (χ1) is 14.5. The summed E-state index contributed by atoms with van der Waals surface area (Å²) in [4.78, 5) is 42.6. The zero-order valence-electron chi connectivity index (χ0n) is 17.1. The molecule has 2 fully saturated rings. The molecule has 1 aromatic rings. The zero-order chi connectivity index (χ0) is 21.1. The predicted molar refractivity (Wildman–Crippen MR) is 114 cm³/mol. The Labute approximate surface area is 180 Å². The van der Waals surface area contributed by atoms with E-state index < -0.39 is 17.0 Å². The molecule has 0 spiro atoms. The summed E-state index contributed by atoms with van der Waals surface area (Å²) in [5, 5.41) is 2.05. The number of carbonyl (C=O) groups is 3. The number of anilines is 1. The third-order valence-corrected chi connectivity index (χ3v) is 7.33. The summed E-state index contributed by atoms with van der Waals surface area (Å²) in [5.41, 5.74) is 0.493. The summed E-state index contributed by atoms with van der Waals surface area (Å²) < 4.78 is 13.9. The number of hydrogen-bond donors (Lipinski definition) is 1. The number of carbonyl (C=O) groups excluding carboxylic acids is 3. The maximum atomic E-state index is 13.9. The van der Waals surface area contributed by atoms with Gasteiger partial charge in [-0.1, -0.05) is 19.3 Å². The Morgan fingerprint density at radius 2 is 1.77 bits per heavy atom. The molecule has 1 aromatic carbocycles. The molecule has 1 N–H and O–H groups in total. The van der Waals surface area contributed by atoms with Gasteiger partial charge in [0.2, 0.25) is 11.8 Å². The van der Waals surface area contributed by atoms with Gasteiger partial charge in [0.1, 0.15) is 12.4 Å². The number of rotatable bonds is 4. The highest BCUT2D eigenvalue weighted by atomic mass is 32.2. The van der Waals surface area contributed by atoms with E-state index in [1.165, 1.54) is 29.5 Å². The number of thioether (sulfide) groups is 1. The molecule has 0 radical (unpaired) electrons. The summed E-state index contributed by atoms with van der Waals surface area (Å²) in [5.74, 6) is -1.29. The van der Waals surface area contributed by atoms with E-state index >= 15 is 0 Å². The van der Waals surface area contributed by atoms with Crippen molar-refractivity contribution in [3.8, 4) is 0 Å². The maximum absolute atomic E-state index is 13.9. The van der Waals surface area contributed by atoms with Crippen molar-refractivity contribution in [2.75, 3.05) is 24.5 Å². The van der Waals surface area contributed by atoms with Gasteiger partial charge in [-0.3, -0.25) is 14.4 Å². The second kappa shape index (κ2) is 9.37. The number of amides is 3. The van der Waals surface area contributed by atoms with Crippen LogP contribution in [0.1, 0.15) is 51.4 Å². The van der Waals surface area contributed by atoms with Crippen molar-refractivity contribution < 1.29 is 18.8 Å². The molecule has 162 valence electrons. The molecule has 1 atom stereocenters. The molecule has 0 aromatic heterocycles. The molecule has 1 aliphatic carbocycles. The van der Waals surface area contributed by atoms with Gasteiger partial charge in [0.25, 0.3) is 5.91 Å². The SMILES string of the molecule is O=C(CN1C(=O)C(C(=O)N2CCCCC2)Sc2cc(F)ccc21)NC1CCCCC1. The summed E-state index contributed by atoms with van der Waals surface area (Å²) >= 11 is 1.09. The van der Waals surface area contributed by atoms with Crippen LogP contribution in [0, 0.1) is 5.82 Å². The highest BCUT2D eigenvalue weighted by molar-refractivity contribution is 8.01. The summed E-state index contributed by atoms with van der Waals surface area (Å²) in [6, 6.07) is 4.28. The lowest BCUT2D eigenvalue weighted by Gasteiger charge is -2.36. The first kappa shape index (κ1) is 21.2. The lowest BCUT2D eigenvalue weighted by molar-refractivity contribution is -0.136. The second-order valence-electron chi connectivity index (χ2n) is 8.32. The zero-order valence-corrected chi connectivity index (χ0v) is 17.9. The van der Waals surface area contributed by atoms with Crippen LogP contribution >= 0.6 is 11.8 Å². The van der Waals surface area contributed by atoms with Crippen LogP contribution in [0.15, 0.2) is 23.1 Å². The minimum Gasteiger partial charge on any atom is -0.352 e. The predicted octanol–water partition coefficient (Wildman–Crippen LogP) is 3.09. The van der Waals surface area contributed by atoms with E-state index in [9.17, 15) is 18.8 Å². The first-order valence-electron chi connectivity index (χ1n) is 10.9. The van der Waals surface area contributed by atoms with E-state index in [1.54, 1.807) is 4.90 Å². The molecule has 2 heterocycles. The molecule has 2 aliphatic heterocycles. The van der Waals surface area contributed by atoms with Gasteiger partial charge in [0.15, 0.2) is 5.25 Å². The van der Waals surface area contributed by atoms with Crippen LogP contribution in [-0.4, -0.2) is 53.5 Å². The van der Waals surface area contributed by atoms with Crippen molar-refractivity contribution in [1.29, 1.82) is 0 Å². The van der Waals surface area contributed by atoms with Gasteiger partial charge in [0.05, 0.1) is 5.69 Å². The highest BCUT2D eigenvalue weighted by Gasteiger charge is 2.41. The van der Waals surface area contributed by atoms with Gasteiger partial charge < -0.3 is 15.1 Å². The van der Waals surface area contributed by atoms with E-state index in [0.717, 1.165) is 56.7 Å². The van der Waals surface area contributed by atoms with E-state index in [1.807, 2.05) is 0 Å². The number of fused-ring (bicyclic) bond motifs is 1. The fraction of sp³-hybridized carbons (Fsp3) is 0.591. The van der Waals surface area contributed by atoms with Crippen LogP contribution in [0.4, 0.5) is 10.1 Å². The molecule has 1 saturated carbocycles. The molecule has 1 unspecified atom stereocenters. The molecule has 3 amide bonds. The Kier molecular flexibility index (Phi) is 6.61. The molecule has 4 rings (SSSR count). The van der Waals surface area contributed by atoms with Crippen LogP contribution in [0.2, 0.25) is 0 Å². The fourth-order valence-corrected chi connectivity index (χ4v) is 5.72. The number of nitrogens with one attached hydrogen (secondary N) is 1. The van der Waals surface area contributed by atoms with Crippen molar-refractivity contribution in [2.45, 2.75) is 67.6 Å². The van der Waals surface area contributed by atoms with Gasteiger partial charge in [-0.25, -0.2) is 4.39 Å². The topological polar surface area (TPSA) is 69.7 Å². The maximum Gasteiger partial charge on any atom is 0.250 e. The van der Waals surface area contributed by atoms with Crippen LogP contribution in [0.3, 0.4) is 0 Å². The van der Waals surface area contributed by atoms with Crippen molar-refractivity contribution >= 4 is 35.2 Å². The Hall–Kier alpha value is -2.09. The standard InChI is InChI=1S/C22H28FN3O3S/c23-15-9-10-17-18(13-15)30-20(21(28)25-11-5-2-6-12-25)22(29)26(17)14-19(27)24-16-7-3-1-4-8-16/h9-10,13,16,20H,1-8,11-12,14H2,(H,24,27). The molecule has 0 bridgehead atoms. The number of benzene rings is 1. The van der Waals surface area contributed by atoms with Crippen LogP contribution in [0.25, 0.3) is 0 Å². The number of piperidine rings is 1. The number of nitrogens with zero attached hydrogens (tertiary/aromatic N) is 2. The van der Waals surface area contributed by atoms with Crippen LogP contribution in [-0.2, 0) is 14.4 Å². The van der Waals surface area contributed by atoms with E-state index in [4.69, 9.17) is 0 Å². The van der Waals surface area contributed by atoms with Gasteiger partial charge >= 0.3 is 0 Å². The molecule has 6 nitrogen and oxygen atoms in total. The third kappa shape index (κ3) is 4.63. The highest BCUT2D eigenvalue weighted by Crippen LogP contribution is 2.40.